The SMILES string of the molecule is CC12CC3C(Cc4ccccc4)C4CC(c5ccccc5)(C1)C342.NC1CCCCC1.[CH-]=O.[Na+]. The van der Waals surface area contributed by atoms with Crippen LogP contribution in [-0.4, -0.2) is 12.8 Å². The number of nitrogens with two attached hydrogens (primary N) is 1. The van der Waals surface area contributed by atoms with Crippen LogP contribution in [0.5, 0.6) is 0 Å². The van der Waals surface area contributed by atoms with Gasteiger partial charge in [0.2, 0.25) is 0 Å². The zero-order valence-electron chi connectivity index (χ0n) is 20.5. The number of hydrogen-bond acceptors (Lipinski definition) is 2. The van der Waals surface area contributed by atoms with Gasteiger partial charge >= 0.3 is 29.6 Å². The maximum atomic E-state index is 7.75. The third-order valence-corrected chi connectivity index (χ3v) is 10.2. The predicted octanol–water partition coefficient (Wildman–Crippen LogP) is 3.24. The van der Waals surface area contributed by atoms with Gasteiger partial charge in [-0.1, -0.05) is 86.8 Å². The van der Waals surface area contributed by atoms with Crippen molar-refractivity contribution < 1.29 is 34.4 Å². The van der Waals surface area contributed by atoms with Gasteiger partial charge in [0, 0.05) is 11.5 Å². The zero-order chi connectivity index (χ0) is 22.4. The summed E-state index contributed by atoms with van der Waals surface area (Å²) in [4.78, 5) is 7.75. The van der Waals surface area contributed by atoms with Gasteiger partial charge in [-0.2, -0.15) is 0 Å². The van der Waals surface area contributed by atoms with Gasteiger partial charge in [-0.15, -0.1) is 0 Å². The fourth-order valence-corrected chi connectivity index (χ4v) is 9.37. The third kappa shape index (κ3) is 3.46. The van der Waals surface area contributed by atoms with E-state index in [0.717, 1.165) is 17.8 Å². The fourth-order valence-electron chi connectivity index (χ4n) is 9.37. The molecule has 2 N–H and O–H groups in total. The molecule has 6 unspecified atom stereocenters. The van der Waals surface area contributed by atoms with Crippen LogP contribution in [0.15, 0.2) is 60.7 Å². The van der Waals surface area contributed by atoms with Gasteiger partial charge < -0.3 is 10.5 Å². The Bertz CT molecular complexity index is 921. The number of rotatable bonds is 3. The van der Waals surface area contributed by atoms with Crippen LogP contribution in [0.2, 0.25) is 0 Å². The van der Waals surface area contributed by atoms with E-state index in [4.69, 9.17) is 10.5 Å². The normalized spacial score (nSPS) is 38.9. The molecule has 0 saturated heterocycles. The topological polar surface area (TPSA) is 43.1 Å². The summed E-state index contributed by atoms with van der Waals surface area (Å²) < 4.78 is 0. The first kappa shape index (κ1) is 25.2. The van der Waals surface area contributed by atoms with E-state index in [2.05, 4.69) is 74.4 Å². The van der Waals surface area contributed by atoms with Gasteiger partial charge in [-0.3, -0.25) is 6.79 Å². The average Bonchev–Trinajstić information content (AvgIpc) is 2.82. The molecule has 0 amide bonds. The van der Waals surface area contributed by atoms with Crippen LogP contribution in [0.4, 0.5) is 0 Å². The second-order valence-electron chi connectivity index (χ2n) is 11.4. The molecule has 0 heterocycles. The quantitative estimate of drug-likeness (QED) is 0.442. The molecule has 5 aliphatic carbocycles. The van der Waals surface area contributed by atoms with E-state index in [1.807, 2.05) is 0 Å². The van der Waals surface area contributed by atoms with E-state index < -0.39 is 0 Å². The van der Waals surface area contributed by atoms with Gasteiger partial charge in [0.1, 0.15) is 0 Å². The van der Waals surface area contributed by atoms with Crippen LogP contribution < -0.4 is 35.3 Å². The van der Waals surface area contributed by atoms with Crippen molar-refractivity contribution in [2.45, 2.75) is 76.2 Å². The second kappa shape index (κ2) is 9.61. The molecule has 170 valence electrons. The molecule has 2 aromatic carbocycles. The number of benzene rings is 2. The Kier molecular flexibility index (Phi) is 7.33. The Balaban J connectivity index is 0.000000223. The standard InChI is InChI=1S/C23H24.C6H13N.CHO.Na/c1-21-13-19-18(12-16-8-4-2-5-9-16)20-14-22(15-21,23(19,20)21)17-10-6-3-7-11-17;7-6-4-2-1-3-5-6;1-2;/h2-11,18-20H,12-15H2,1H3;6H,1-5,7H2;1H;/q;;-1;+1. The fraction of sp³-hybridized carbons (Fsp3) is 0.567. The molecule has 2 aromatic rings. The van der Waals surface area contributed by atoms with Crippen LogP contribution in [0.3, 0.4) is 0 Å². The summed E-state index contributed by atoms with van der Waals surface area (Å²) in [5, 5.41) is 0. The summed E-state index contributed by atoms with van der Waals surface area (Å²) in [6.07, 6.45) is 12.4. The van der Waals surface area contributed by atoms with Crippen LogP contribution in [0.1, 0.15) is 69.4 Å². The Morgan fingerprint density at radius 1 is 0.879 bits per heavy atom. The molecule has 7 rings (SSSR count). The molecule has 2 nitrogen and oxygen atoms in total. The van der Waals surface area contributed by atoms with E-state index >= 15 is 0 Å². The molecule has 0 aliphatic heterocycles. The van der Waals surface area contributed by atoms with Crippen LogP contribution in [0, 0.1) is 28.6 Å². The summed E-state index contributed by atoms with van der Waals surface area (Å²) in [7, 11) is 0. The molecule has 6 atom stereocenters. The number of carbonyl (C=O) groups excluding carboxylic acids is 1. The molecule has 0 bridgehead atoms. The smallest absolute Gasteiger partial charge is 0.545 e. The van der Waals surface area contributed by atoms with Crippen LogP contribution >= 0.6 is 0 Å². The van der Waals surface area contributed by atoms with Crippen molar-refractivity contribution in [3.05, 3.63) is 71.8 Å². The first-order valence-electron chi connectivity index (χ1n) is 12.7. The van der Waals surface area contributed by atoms with Crippen LogP contribution in [-0.2, 0) is 16.6 Å². The van der Waals surface area contributed by atoms with Crippen molar-refractivity contribution in [3.63, 3.8) is 0 Å². The summed E-state index contributed by atoms with van der Waals surface area (Å²) >= 11 is 0. The van der Waals surface area contributed by atoms with Gasteiger partial charge in [0.25, 0.3) is 0 Å². The van der Waals surface area contributed by atoms with Crippen LogP contribution in [0.25, 0.3) is 0 Å². The molecule has 5 saturated carbocycles. The van der Waals surface area contributed by atoms with Gasteiger partial charge in [0.05, 0.1) is 0 Å². The van der Waals surface area contributed by atoms with E-state index in [9.17, 15) is 0 Å². The van der Waals surface area contributed by atoms with Crippen molar-refractivity contribution in [2.24, 2.45) is 34.3 Å². The van der Waals surface area contributed by atoms with Gasteiger partial charge in [-0.05, 0) is 78.2 Å². The van der Waals surface area contributed by atoms with E-state index in [1.54, 1.807) is 11.1 Å². The minimum Gasteiger partial charge on any atom is -0.545 e. The van der Waals surface area contributed by atoms with Gasteiger partial charge in [-0.25, -0.2) is 0 Å². The zero-order valence-corrected chi connectivity index (χ0v) is 22.5. The summed E-state index contributed by atoms with van der Waals surface area (Å²) in [5.41, 5.74) is 10.8. The molecule has 5 fully saturated rings. The Labute approximate surface area is 222 Å². The van der Waals surface area contributed by atoms with Crippen molar-refractivity contribution in [2.75, 3.05) is 0 Å². The number of hydrogen-bond donors (Lipinski definition) is 1. The third-order valence-electron chi connectivity index (χ3n) is 10.2. The molecule has 0 radical (unpaired) electrons. The maximum absolute atomic E-state index is 7.75. The summed E-state index contributed by atoms with van der Waals surface area (Å²) in [5.74, 6) is 2.96. The average molecular weight is 452 g/mol. The van der Waals surface area contributed by atoms with E-state index in [-0.39, 0.29) is 29.6 Å². The first-order valence-corrected chi connectivity index (χ1v) is 12.7. The molecule has 33 heavy (non-hydrogen) atoms. The molecule has 3 heteroatoms. The molecular formula is C30H38NNaO. The molecule has 0 aromatic heterocycles. The molecular weight excluding hydrogens is 413 g/mol. The largest absolute Gasteiger partial charge is 1.00 e. The van der Waals surface area contributed by atoms with Crippen molar-refractivity contribution in [3.8, 4) is 0 Å². The minimum absolute atomic E-state index is 0. The minimum atomic E-state index is 0. The Morgan fingerprint density at radius 3 is 1.97 bits per heavy atom. The van der Waals surface area contributed by atoms with Gasteiger partial charge in [0.15, 0.2) is 0 Å². The van der Waals surface area contributed by atoms with Crippen molar-refractivity contribution in [1.29, 1.82) is 0 Å². The second-order valence-corrected chi connectivity index (χ2v) is 11.4. The first-order chi connectivity index (χ1) is 15.6. The molecule has 5 aliphatic rings. The Morgan fingerprint density at radius 2 is 1.45 bits per heavy atom. The van der Waals surface area contributed by atoms with Crippen molar-refractivity contribution in [1.82, 2.24) is 0 Å². The summed E-state index contributed by atoms with van der Waals surface area (Å²) in [6, 6.07) is 23.2. The summed E-state index contributed by atoms with van der Waals surface area (Å²) in [6.45, 7) is 5.84. The molecule has 1 spiro atoms. The van der Waals surface area contributed by atoms with E-state index in [0.29, 0.717) is 22.3 Å². The monoisotopic (exact) mass is 451 g/mol. The predicted molar refractivity (Wildman–Crippen MR) is 131 cm³/mol. The Hall–Kier alpha value is -0.930. The van der Waals surface area contributed by atoms with Crippen molar-refractivity contribution >= 4 is 6.79 Å². The van der Waals surface area contributed by atoms with E-state index in [1.165, 1.54) is 57.8 Å². The maximum Gasteiger partial charge on any atom is 1.00 e.